The summed E-state index contributed by atoms with van der Waals surface area (Å²) in [6, 6.07) is 0.423. The fraction of sp³-hybridized carbons (Fsp3) is 1.00. The number of ether oxygens (including phenoxy) is 3. The molecule has 0 aromatic rings. The predicted molar refractivity (Wildman–Crippen MR) is 70.1 cm³/mol. The number of hydrogen-bond donors (Lipinski definition) is 2. The number of aliphatic hydroxyl groups excluding tert-OH is 1. The largest absolute Gasteiger partial charge is 0.389 e. The van der Waals surface area contributed by atoms with E-state index in [1.54, 1.807) is 0 Å². The minimum absolute atomic E-state index is 0.235. The maximum Gasteiger partial charge on any atom is 0.0897 e. The zero-order chi connectivity index (χ0) is 13.1. The fourth-order valence-corrected chi connectivity index (χ4v) is 3.31. The molecule has 5 nitrogen and oxygen atoms in total. The van der Waals surface area contributed by atoms with E-state index in [-0.39, 0.29) is 6.10 Å². The van der Waals surface area contributed by atoms with Gasteiger partial charge in [0.15, 0.2) is 0 Å². The van der Waals surface area contributed by atoms with E-state index in [9.17, 15) is 5.11 Å². The lowest BCUT2D eigenvalue weighted by molar-refractivity contribution is -0.0174. The first-order chi connectivity index (χ1) is 9.31. The van der Waals surface area contributed by atoms with Crippen LogP contribution in [-0.4, -0.2) is 61.9 Å². The normalized spacial score (nSPS) is 39.0. The smallest absolute Gasteiger partial charge is 0.0897 e. The van der Waals surface area contributed by atoms with Crippen LogP contribution >= 0.6 is 0 Å². The first kappa shape index (κ1) is 13.8. The van der Waals surface area contributed by atoms with Gasteiger partial charge in [-0.3, -0.25) is 0 Å². The van der Waals surface area contributed by atoms with E-state index >= 15 is 0 Å². The van der Waals surface area contributed by atoms with Crippen LogP contribution in [0.4, 0.5) is 0 Å². The van der Waals surface area contributed by atoms with Crippen molar-refractivity contribution in [3.8, 4) is 0 Å². The molecule has 3 aliphatic heterocycles. The van der Waals surface area contributed by atoms with Gasteiger partial charge in [-0.25, -0.2) is 0 Å². The van der Waals surface area contributed by atoms with Crippen LogP contribution < -0.4 is 5.32 Å². The van der Waals surface area contributed by atoms with E-state index in [1.165, 1.54) is 6.42 Å². The highest BCUT2D eigenvalue weighted by atomic mass is 16.5. The average molecular weight is 271 g/mol. The molecule has 5 atom stereocenters. The highest BCUT2D eigenvalue weighted by Gasteiger charge is 2.40. The molecule has 0 radical (unpaired) electrons. The van der Waals surface area contributed by atoms with Crippen molar-refractivity contribution in [2.75, 3.05) is 26.4 Å². The van der Waals surface area contributed by atoms with Gasteiger partial charge in [-0.15, -0.1) is 0 Å². The Morgan fingerprint density at radius 3 is 2.95 bits per heavy atom. The molecule has 5 unspecified atom stereocenters. The number of fused-ring (bicyclic) bond motifs is 2. The van der Waals surface area contributed by atoms with Crippen molar-refractivity contribution in [1.29, 1.82) is 0 Å². The molecule has 2 N–H and O–H groups in total. The molecule has 3 rings (SSSR count). The standard InChI is InChI=1S/C14H25NO4/c16-10(8-17-9-12-2-1-5-18-12)7-15-13-6-11-3-4-14(13)19-11/h10-16H,1-9H2. The van der Waals surface area contributed by atoms with Crippen LogP contribution in [0.2, 0.25) is 0 Å². The monoisotopic (exact) mass is 271 g/mol. The maximum absolute atomic E-state index is 9.88. The van der Waals surface area contributed by atoms with Crippen LogP contribution in [0.3, 0.4) is 0 Å². The average Bonchev–Trinajstić information content (AvgIpc) is 3.13. The van der Waals surface area contributed by atoms with Gasteiger partial charge in [0.25, 0.3) is 0 Å². The second kappa shape index (κ2) is 6.50. The van der Waals surface area contributed by atoms with Crippen LogP contribution in [0.1, 0.15) is 32.1 Å². The van der Waals surface area contributed by atoms with Gasteiger partial charge in [0, 0.05) is 19.2 Å². The highest BCUT2D eigenvalue weighted by Crippen LogP contribution is 2.34. The summed E-state index contributed by atoms with van der Waals surface area (Å²) in [5.41, 5.74) is 0. The Bertz CT molecular complexity index is 283. The van der Waals surface area contributed by atoms with Gasteiger partial charge >= 0.3 is 0 Å². The van der Waals surface area contributed by atoms with Crippen molar-refractivity contribution in [3.05, 3.63) is 0 Å². The van der Waals surface area contributed by atoms with Gasteiger partial charge in [0.05, 0.1) is 37.6 Å². The zero-order valence-electron chi connectivity index (χ0n) is 11.4. The fourth-order valence-electron chi connectivity index (χ4n) is 3.31. The Hall–Kier alpha value is -0.200. The summed E-state index contributed by atoms with van der Waals surface area (Å²) in [5.74, 6) is 0. The summed E-state index contributed by atoms with van der Waals surface area (Å²) < 4.78 is 16.8. The lowest BCUT2D eigenvalue weighted by Gasteiger charge is -2.22. The minimum atomic E-state index is -0.444. The molecule has 0 aliphatic carbocycles. The van der Waals surface area contributed by atoms with Crippen LogP contribution in [-0.2, 0) is 14.2 Å². The Balaban J connectivity index is 1.25. The number of hydrogen-bond acceptors (Lipinski definition) is 5. The molecule has 0 saturated carbocycles. The van der Waals surface area contributed by atoms with Gasteiger partial charge in [0.1, 0.15) is 0 Å². The number of nitrogens with one attached hydrogen (secondary N) is 1. The summed E-state index contributed by atoms with van der Waals surface area (Å²) in [5, 5.41) is 13.3. The van der Waals surface area contributed by atoms with Crippen molar-refractivity contribution >= 4 is 0 Å². The Kier molecular flexibility index (Phi) is 4.71. The predicted octanol–water partition coefficient (Wildman–Crippen LogP) is 0.452. The SMILES string of the molecule is OC(CNC1CC2CCC1O2)COCC1CCCO1. The molecule has 0 aromatic carbocycles. The van der Waals surface area contributed by atoms with E-state index in [0.717, 1.165) is 32.3 Å². The lowest BCUT2D eigenvalue weighted by atomic mass is 9.95. The first-order valence-electron chi connectivity index (χ1n) is 7.57. The molecule has 5 heteroatoms. The van der Waals surface area contributed by atoms with Crippen molar-refractivity contribution < 1.29 is 19.3 Å². The van der Waals surface area contributed by atoms with Crippen molar-refractivity contribution in [2.24, 2.45) is 0 Å². The molecule has 0 spiro atoms. The van der Waals surface area contributed by atoms with E-state index in [4.69, 9.17) is 14.2 Å². The quantitative estimate of drug-likeness (QED) is 0.704. The molecule has 0 aromatic heterocycles. The molecule has 3 aliphatic rings. The summed E-state index contributed by atoms with van der Waals surface area (Å²) in [6.45, 7) is 2.42. The molecule has 3 heterocycles. The Morgan fingerprint density at radius 2 is 2.26 bits per heavy atom. The molecule has 2 bridgehead atoms. The molecule has 19 heavy (non-hydrogen) atoms. The topological polar surface area (TPSA) is 60.0 Å². The van der Waals surface area contributed by atoms with Crippen molar-refractivity contribution in [2.45, 2.75) is 62.6 Å². The summed E-state index contributed by atoms with van der Waals surface area (Å²) in [6.07, 6.45) is 6.28. The van der Waals surface area contributed by atoms with Crippen LogP contribution in [0, 0.1) is 0 Å². The third-order valence-electron chi connectivity index (χ3n) is 4.36. The lowest BCUT2D eigenvalue weighted by Crippen LogP contribution is -2.42. The highest BCUT2D eigenvalue weighted by molar-refractivity contribution is 4.94. The molecule has 0 amide bonds. The van der Waals surface area contributed by atoms with Crippen LogP contribution in [0.25, 0.3) is 0 Å². The number of aliphatic hydroxyl groups is 1. The van der Waals surface area contributed by atoms with E-state index < -0.39 is 6.10 Å². The third kappa shape index (κ3) is 3.67. The minimum Gasteiger partial charge on any atom is -0.389 e. The van der Waals surface area contributed by atoms with Gasteiger partial charge in [-0.05, 0) is 32.1 Å². The van der Waals surface area contributed by atoms with Crippen molar-refractivity contribution in [3.63, 3.8) is 0 Å². The second-order valence-corrected chi connectivity index (χ2v) is 5.95. The van der Waals surface area contributed by atoms with E-state index in [1.807, 2.05) is 0 Å². The van der Waals surface area contributed by atoms with Gasteiger partial charge in [-0.1, -0.05) is 0 Å². The van der Waals surface area contributed by atoms with Gasteiger partial charge < -0.3 is 24.6 Å². The van der Waals surface area contributed by atoms with Crippen LogP contribution in [0.15, 0.2) is 0 Å². The summed E-state index contributed by atoms with van der Waals surface area (Å²) in [4.78, 5) is 0. The molecule has 110 valence electrons. The van der Waals surface area contributed by atoms with Gasteiger partial charge in [-0.2, -0.15) is 0 Å². The molecular formula is C14H25NO4. The Morgan fingerprint density at radius 1 is 1.32 bits per heavy atom. The van der Waals surface area contributed by atoms with E-state index in [0.29, 0.717) is 38.0 Å². The van der Waals surface area contributed by atoms with Crippen LogP contribution in [0.5, 0.6) is 0 Å². The zero-order valence-corrected chi connectivity index (χ0v) is 11.4. The summed E-state index contributed by atoms with van der Waals surface area (Å²) >= 11 is 0. The van der Waals surface area contributed by atoms with Crippen molar-refractivity contribution in [1.82, 2.24) is 5.32 Å². The van der Waals surface area contributed by atoms with E-state index in [2.05, 4.69) is 5.32 Å². The summed E-state index contributed by atoms with van der Waals surface area (Å²) in [7, 11) is 0. The third-order valence-corrected chi connectivity index (χ3v) is 4.36. The molecular weight excluding hydrogens is 246 g/mol. The maximum atomic E-state index is 9.88. The number of rotatable bonds is 7. The van der Waals surface area contributed by atoms with Gasteiger partial charge in [0.2, 0.25) is 0 Å². The molecule has 3 saturated heterocycles. The first-order valence-corrected chi connectivity index (χ1v) is 7.57. The Labute approximate surface area is 114 Å². The molecule has 3 fully saturated rings. The second-order valence-electron chi connectivity index (χ2n) is 5.95.